The fraction of sp³-hybridized carbons (Fsp3) is 0.200. The Kier molecular flexibility index (Phi) is 5.25. The molecule has 0 saturated heterocycles. The summed E-state index contributed by atoms with van der Waals surface area (Å²) in [6.07, 6.45) is 1.52. The normalized spacial score (nSPS) is 10.2. The molecule has 0 aliphatic carbocycles. The summed E-state index contributed by atoms with van der Waals surface area (Å²) >= 11 is 0. The summed E-state index contributed by atoms with van der Waals surface area (Å²) in [6.45, 7) is 0.561. The summed E-state index contributed by atoms with van der Waals surface area (Å²) in [4.78, 5) is 18.1. The number of hydrogen-bond acceptors (Lipinski definition) is 5. The van der Waals surface area contributed by atoms with Gasteiger partial charge in [-0.25, -0.2) is 0 Å². The fourth-order valence-electron chi connectivity index (χ4n) is 1.98. The summed E-state index contributed by atoms with van der Waals surface area (Å²) < 4.78 is 0. The van der Waals surface area contributed by atoms with Crippen LogP contribution in [0.25, 0.3) is 0 Å². The average Bonchev–Trinajstić information content (AvgIpc) is 2.55. The minimum Gasteiger partial charge on any atom is -0.395 e. The molecule has 21 heavy (non-hydrogen) atoms. The van der Waals surface area contributed by atoms with Gasteiger partial charge in [0.25, 0.3) is 5.91 Å². The molecule has 2 aromatic rings. The molecule has 4 N–H and O–H groups in total. The number of nitrogens with two attached hydrogens (primary N) is 1. The lowest BCUT2D eigenvalue weighted by Gasteiger charge is -2.21. The van der Waals surface area contributed by atoms with Gasteiger partial charge < -0.3 is 15.4 Å². The summed E-state index contributed by atoms with van der Waals surface area (Å²) in [6, 6.07) is 12.9. The van der Waals surface area contributed by atoms with Crippen LogP contribution in [0.1, 0.15) is 16.1 Å². The van der Waals surface area contributed by atoms with Crippen LogP contribution >= 0.6 is 0 Å². The second kappa shape index (κ2) is 7.37. The van der Waals surface area contributed by atoms with Crippen molar-refractivity contribution in [3.63, 3.8) is 0 Å². The van der Waals surface area contributed by atoms with Gasteiger partial charge in [-0.2, -0.15) is 0 Å². The smallest absolute Gasteiger partial charge is 0.272 e. The first-order chi connectivity index (χ1) is 10.2. The van der Waals surface area contributed by atoms with Crippen LogP contribution in [-0.2, 0) is 6.54 Å². The predicted molar refractivity (Wildman–Crippen MR) is 80.3 cm³/mol. The van der Waals surface area contributed by atoms with Gasteiger partial charge in [0, 0.05) is 19.3 Å². The van der Waals surface area contributed by atoms with Gasteiger partial charge in [-0.1, -0.05) is 30.3 Å². The number of nitrogen functional groups attached to an aromatic ring is 1. The zero-order valence-electron chi connectivity index (χ0n) is 11.6. The number of rotatable bonds is 6. The van der Waals surface area contributed by atoms with Gasteiger partial charge in [0.1, 0.15) is 5.69 Å². The number of amides is 1. The van der Waals surface area contributed by atoms with Gasteiger partial charge in [0.05, 0.1) is 12.3 Å². The predicted octanol–water partition coefficient (Wildman–Crippen LogP) is 1.00. The van der Waals surface area contributed by atoms with Gasteiger partial charge in [0.15, 0.2) is 0 Å². The van der Waals surface area contributed by atoms with Crippen molar-refractivity contribution in [2.45, 2.75) is 6.54 Å². The highest BCUT2D eigenvalue weighted by atomic mass is 16.3. The molecule has 0 fully saturated rings. The Hall–Kier alpha value is -2.44. The molecule has 0 spiro atoms. The summed E-state index contributed by atoms with van der Waals surface area (Å²) in [5.74, 6) is 5.09. The number of aliphatic hydroxyl groups is 1. The van der Waals surface area contributed by atoms with Gasteiger partial charge >= 0.3 is 0 Å². The number of aliphatic hydroxyl groups excluding tert-OH is 1. The molecular formula is C15H18N4O2. The molecule has 0 radical (unpaired) electrons. The molecule has 0 saturated carbocycles. The molecule has 110 valence electrons. The molecule has 6 heteroatoms. The monoisotopic (exact) mass is 286 g/mol. The highest BCUT2D eigenvalue weighted by molar-refractivity contribution is 5.93. The van der Waals surface area contributed by atoms with Crippen molar-refractivity contribution < 1.29 is 9.90 Å². The minimum atomic E-state index is -0.245. The molecule has 1 heterocycles. The van der Waals surface area contributed by atoms with E-state index in [0.29, 0.717) is 12.2 Å². The number of pyridine rings is 1. The zero-order valence-corrected chi connectivity index (χ0v) is 11.6. The van der Waals surface area contributed by atoms with Crippen molar-refractivity contribution in [1.29, 1.82) is 0 Å². The number of carbonyl (C=O) groups is 1. The number of aromatic nitrogens is 1. The van der Waals surface area contributed by atoms with Crippen molar-refractivity contribution in [2.24, 2.45) is 5.84 Å². The van der Waals surface area contributed by atoms with Crippen LogP contribution < -0.4 is 11.3 Å². The van der Waals surface area contributed by atoms with Crippen molar-refractivity contribution >= 4 is 11.6 Å². The number of nitrogens with one attached hydrogen (secondary N) is 1. The first kappa shape index (κ1) is 15.0. The molecule has 1 aromatic carbocycles. The molecule has 0 aliphatic rings. The van der Waals surface area contributed by atoms with Gasteiger partial charge in [-0.3, -0.25) is 15.6 Å². The first-order valence-electron chi connectivity index (χ1n) is 6.61. The van der Waals surface area contributed by atoms with E-state index in [0.717, 1.165) is 5.56 Å². The highest BCUT2D eigenvalue weighted by Crippen LogP contribution is 2.11. The third kappa shape index (κ3) is 4.01. The molecular weight excluding hydrogens is 268 g/mol. The van der Waals surface area contributed by atoms with Crippen LogP contribution in [-0.4, -0.2) is 34.0 Å². The number of hydrazine groups is 1. The van der Waals surface area contributed by atoms with E-state index in [1.807, 2.05) is 30.3 Å². The van der Waals surface area contributed by atoms with E-state index in [2.05, 4.69) is 10.4 Å². The largest absolute Gasteiger partial charge is 0.395 e. The Morgan fingerprint density at radius 1 is 1.29 bits per heavy atom. The molecule has 0 aliphatic heterocycles. The van der Waals surface area contributed by atoms with E-state index in [4.69, 9.17) is 10.9 Å². The number of hydrogen-bond donors (Lipinski definition) is 3. The molecule has 1 aromatic heterocycles. The minimum absolute atomic E-state index is 0.104. The van der Waals surface area contributed by atoms with E-state index in [1.165, 1.54) is 6.20 Å². The van der Waals surface area contributed by atoms with E-state index in [9.17, 15) is 4.79 Å². The number of carbonyl (C=O) groups excluding carboxylic acids is 1. The molecule has 2 rings (SSSR count). The third-order valence-electron chi connectivity index (χ3n) is 3.02. The zero-order chi connectivity index (χ0) is 15.1. The molecule has 1 amide bonds. The molecule has 0 atom stereocenters. The van der Waals surface area contributed by atoms with Crippen molar-refractivity contribution in [1.82, 2.24) is 9.88 Å². The Balaban J connectivity index is 2.18. The van der Waals surface area contributed by atoms with Gasteiger partial charge in [0.2, 0.25) is 0 Å². The Morgan fingerprint density at radius 3 is 2.71 bits per heavy atom. The second-order valence-corrected chi connectivity index (χ2v) is 4.51. The number of benzene rings is 1. The maximum absolute atomic E-state index is 12.5. The van der Waals surface area contributed by atoms with Crippen LogP contribution in [0.3, 0.4) is 0 Å². The van der Waals surface area contributed by atoms with Crippen molar-refractivity contribution in [3.05, 3.63) is 59.9 Å². The lowest BCUT2D eigenvalue weighted by molar-refractivity contribution is 0.0702. The summed E-state index contributed by atoms with van der Waals surface area (Å²) in [7, 11) is 0. The molecule has 0 unspecified atom stereocenters. The maximum atomic E-state index is 12.5. The van der Waals surface area contributed by atoms with Crippen molar-refractivity contribution in [2.75, 3.05) is 18.6 Å². The van der Waals surface area contributed by atoms with E-state index < -0.39 is 0 Å². The first-order valence-corrected chi connectivity index (χ1v) is 6.61. The number of nitrogens with zero attached hydrogens (tertiary/aromatic N) is 2. The quantitative estimate of drug-likeness (QED) is 0.544. The maximum Gasteiger partial charge on any atom is 0.272 e. The fourth-order valence-corrected chi connectivity index (χ4v) is 1.98. The highest BCUT2D eigenvalue weighted by Gasteiger charge is 2.17. The third-order valence-corrected chi connectivity index (χ3v) is 3.02. The topological polar surface area (TPSA) is 91.5 Å². The lowest BCUT2D eigenvalue weighted by atomic mass is 10.2. The summed E-state index contributed by atoms with van der Waals surface area (Å²) in [5, 5.41) is 9.16. The van der Waals surface area contributed by atoms with Crippen molar-refractivity contribution in [3.8, 4) is 0 Å². The van der Waals surface area contributed by atoms with Crippen LogP contribution in [0, 0.1) is 0 Å². The summed E-state index contributed by atoms with van der Waals surface area (Å²) in [5.41, 5.74) is 4.37. The second-order valence-electron chi connectivity index (χ2n) is 4.51. The standard InChI is InChI=1S/C15H18N4O2/c16-18-13-6-7-17-14(10-13)15(21)19(8-9-20)11-12-4-2-1-3-5-12/h1-7,10,20H,8-9,11,16H2,(H,17,18). The average molecular weight is 286 g/mol. The number of anilines is 1. The Bertz CT molecular complexity index is 589. The van der Waals surface area contributed by atoms with E-state index in [-0.39, 0.29) is 24.8 Å². The van der Waals surface area contributed by atoms with Crippen LogP contribution in [0.15, 0.2) is 48.7 Å². The van der Waals surface area contributed by atoms with Crippen LogP contribution in [0.4, 0.5) is 5.69 Å². The SMILES string of the molecule is NNc1ccnc(C(=O)N(CCO)Cc2ccccc2)c1. The molecule has 6 nitrogen and oxygen atoms in total. The van der Waals surface area contributed by atoms with E-state index >= 15 is 0 Å². The Labute approximate surface area is 123 Å². The van der Waals surface area contributed by atoms with Gasteiger partial charge in [-0.05, 0) is 17.7 Å². The van der Waals surface area contributed by atoms with Gasteiger partial charge in [-0.15, -0.1) is 0 Å². The van der Waals surface area contributed by atoms with Crippen LogP contribution in [0.5, 0.6) is 0 Å². The molecule has 0 bridgehead atoms. The van der Waals surface area contributed by atoms with E-state index in [1.54, 1.807) is 17.0 Å². The van der Waals surface area contributed by atoms with Crippen LogP contribution in [0.2, 0.25) is 0 Å². The Morgan fingerprint density at radius 2 is 2.05 bits per heavy atom. The lowest BCUT2D eigenvalue weighted by Crippen LogP contribution is -2.33.